The van der Waals surface area contributed by atoms with E-state index in [1.54, 1.807) is 0 Å². The van der Waals surface area contributed by atoms with Gasteiger partial charge in [0.15, 0.2) is 0 Å². The van der Waals surface area contributed by atoms with Crippen LogP contribution in [0.15, 0.2) is 36.4 Å². The summed E-state index contributed by atoms with van der Waals surface area (Å²) in [5.41, 5.74) is 1.34. The van der Waals surface area contributed by atoms with Crippen LogP contribution >= 0.6 is 11.6 Å². The van der Waals surface area contributed by atoms with Gasteiger partial charge in [-0.05, 0) is 47.9 Å². The Morgan fingerprint density at radius 2 is 1.56 bits per heavy atom. The zero-order valence-electron chi connectivity index (χ0n) is 9.12. The van der Waals surface area contributed by atoms with Crippen molar-refractivity contribution in [2.24, 2.45) is 0 Å². The molecular weight excluding hydrogens is 218 g/mol. The van der Waals surface area contributed by atoms with E-state index in [4.69, 9.17) is 11.6 Å². The van der Waals surface area contributed by atoms with Crippen LogP contribution in [0.2, 0.25) is 5.02 Å². The maximum absolute atomic E-state index is 5.98. The normalized spacial score (nSPS) is 15.9. The minimum atomic E-state index is 0.807. The Hall–Kier alpha value is -1.21. The van der Waals surface area contributed by atoms with Gasteiger partial charge in [0.1, 0.15) is 0 Å². The Morgan fingerprint density at radius 1 is 0.875 bits per heavy atom. The summed E-state index contributed by atoms with van der Waals surface area (Å²) in [4.78, 5) is 2.45. The van der Waals surface area contributed by atoms with E-state index in [0.29, 0.717) is 0 Å². The van der Waals surface area contributed by atoms with Crippen molar-refractivity contribution in [2.75, 3.05) is 18.0 Å². The molecular formula is C14H14ClN. The molecule has 1 saturated heterocycles. The maximum atomic E-state index is 5.98. The van der Waals surface area contributed by atoms with Crippen molar-refractivity contribution in [3.05, 3.63) is 41.4 Å². The monoisotopic (exact) mass is 231 g/mol. The summed E-state index contributed by atoms with van der Waals surface area (Å²) >= 11 is 5.98. The van der Waals surface area contributed by atoms with Crippen molar-refractivity contribution in [3.63, 3.8) is 0 Å². The second kappa shape index (κ2) is 3.99. The van der Waals surface area contributed by atoms with Crippen LogP contribution < -0.4 is 4.90 Å². The fraction of sp³-hybridized carbons (Fsp3) is 0.286. The van der Waals surface area contributed by atoms with E-state index in [2.05, 4.69) is 29.2 Å². The lowest BCUT2D eigenvalue weighted by Crippen LogP contribution is -2.17. The van der Waals surface area contributed by atoms with Crippen molar-refractivity contribution in [1.29, 1.82) is 0 Å². The van der Waals surface area contributed by atoms with Crippen molar-refractivity contribution >= 4 is 28.1 Å². The van der Waals surface area contributed by atoms with Crippen LogP contribution in [0.1, 0.15) is 12.8 Å². The number of benzene rings is 2. The van der Waals surface area contributed by atoms with Gasteiger partial charge in [0.05, 0.1) is 0 Å². The Kier molecular flexibility index (Phi) is 2.49. The van der Waals surface area contributed by atoms with Gasteiger partial charge in [0, 0.05) is 23.8 Å². The van der Waals surface area contributed by atoms with Crippen LogP contribution in [-0.2, 0) is 0 Å². The number of rotatable bonds is 1. The SMILES string of the molecule is Clc1ccc2cc(N3CCCC3)ccc2c1. The third kappa shape index (κ3) is 1.76. The molecule has 0 N–H and O–H groups in total. The molecule has 82 valence electrons. The number of hydrogen-bond donors (Lipinski definition) is 0. The molecule has 0 bridgehead atoms. The van der Waals surface area contributed by atoms with Crippen molar-refractivity contribution < 1.29 is 0 Å². The molecule has 1 aliphatic heterocycles. The zero-order valence-corrected chi connectivity index (χ0v) is 9.87. The summed E-state index contributed by atoms with van der Waals surface area (Å²) in [7, 11) is 0. The van der Waals surface area contributed by atoms with Gasteiger partial charge in [0.2, 0.25) is 0 Å². The highest BCUT2D eigenvalue weighted by Gasteiger charge is 2.12. The van der Waals surface area contributed by atoms with E-state index in [1.807, 2.05) is 12.1 Å². The van der Waals surface area contributed by atoms with E-state index >= 15 is 0 Å². The first-order chi connectivity index (χ1) is 7.83. The quantitative estimate of drug-likeness (QED) is 0.715. The molecule has 2 aromatic carbocycles. The lowest BCUT2D eigenvalue weighted by atomic mass is 10.1. The molecule has 0 atom stereocenters. The van der Waals surface area contributed by atoms with E-state index in [9.17, 15) is 0 Å². The zero-order chi connectivity index (χ0) is 11.0. The van der Waals surface area contributed by atoms with Crippen LogP contribution in [0.25, 0.3) is 10.8 Å². The molecule has 16 heavy (non-hydrogen) atoms. The van der Waals surface area contributed by atoms with Gasteiger partial charge in [-0.2, -0.15) is 0 Å². The van der Waals surface area contributed by atoms with Gasteiger partial charge < -0.3 is 4.90 Å². The van der Waals surface area contributed by atoms with Gasteiger partial charge in [-0.25, -0.2) is 0 Å². The summed E-state index contributed by atoms with van der Waals surface area (Å²) in [5, 5.41) is 3.30. The van der Waals surface area contributed by atoms with Gasteiger partial charge in [-0.15, -0.1) is 0 Å². The smallest absolute Gasteiger partial charge is 0.0412 e. The largest absolute Gasteiger partial charge is 0.372 e. The minimum absolute atomic E-state index is 0.807. The fourth-order valence-corrected chi connectivity index (χ4v) is 2.56. The summed E-state index contributed by atoms with van der Waals surface area (Å²) in [6.07, 6.45) is 2.64. The first-order valence-corrected chi connectivity index (χ1v) is 6.15. The van der Waals surface area contributed by atoms with Crippen LogP contribution in [-0.4, -0.2) is 13.1 Å². The first-order valence-electron chi connectivity index (χ1n) is 5.77. The van der Waals surface area contributed by atoms with Crippen molar-refractivity contribution in [1.82, 2.24) is 0 Å². The van der Waals surface area contributed by atoms with E-state index in [1.165, 1.54) is 42.4 Å². The Balaban J connectivity index is 2.05. The van der Waals surface area contributed by atoms with E-state index < -0.39 is 0 Å². The average molecular weight is 232 g/mol. The standard InChI is InChI=1S/C14H14ClN/c15-13-5-3-12-10-14(6-4-11(12)9-13)16-7-1-2-8-16/h3-6,9-10H,1-2,7-8H2. The molecule has 1 fully saturated rings. The second-order valence-corrected chi connectivity index (χ2v) is 4.81. The highest BCUT2D eigenvalue weighted by Crippen LogP contribution is 2.26. The van der Waals surface area contributed by atoms with Crippen LogP contribution in [0.5, 0.6) is 0 Å². The molecule has 0 spiro atoms. The molecule has 0 saturated carbocycles. The molecule has 0 aliphatic carbocycles. The van der Waals surface area contributed by atoms with Crippen LogP contribution in [0, 0.1) is 0 Å². The first kappa shape index (κ1) is 9.98. The summed E-state index contributed by atoms with van der Waals surface area (Å²) in [6.45, 7) is 2.39. The maximum Gasteiger partial charge on any atom is 0.0412 e. The van der Waals surface area contributed by atoms with Crippen LogP contribution in [0.3, 0.4) is 0 Å². The molecule has 0 radical (unpaired) electrons. The lowest BCUT2D eigenvalue weighted by Gasteiger charge is -2.18. The Labute approximate surface area is 101 Å². The highest BCUT2D eigenvalue weighted by atomic mass is 35.5. The molecule has 3 rings (SSSR count). The van der Waals surface area contributed by atoms with Gasteiger partial charge in [-0.3, -0.25) is 0 Å². The lowest BCUT2D eigenvalue weighted by molar-refractivity contribution is 0.949. The topological polar surface area (TPSA) is 3.24 Å². The Bertz CT molecular complexity index is 515. The number of fused-ring (bicyclic) bond motifs is 1. The average Bonchev–Trinajstić information content (AvgIpc) is 2.82. The number of hydrogen-bond acceptors (Lipinski definition) is 1. The molecule has 1 heterocycles. The third-order valence-electron chi connectivity index (χ3n) is 3.26. The Morgan fingerprint density at radius 3 is 2.38 bits per heavy atom. The minimum Gasteiger partial charge on any atom is -0.372 e. The molecule has 2 aromatic rings. The van der Waals surface area contributed by atoms with Gasteiger partial charge in [0.25, 0.3) is 0 Å². The van der Waals surface area contributed by atoms with Crippen molar-refractivity contribution in [3.8, 4) is 0 Å². The van der Waals surface area contributed by atoms with E-state index in [0.717, 1.165) is 5.02 Å². The highest BCUT2D eigenvalue weighted by molar-refractivity contribution is 6.31. The molecule has 1 nitrogen and oxygen atoms in total. The fourth-order valence-electron chi connectivity index (χ4n) is 2.38. The van der Waals surface area contributed by atoms with Gasteiger partial charge >= 0.3 is 0 Å². The molecule has 2 heteroatoms. The van der Waals surface area contributed by atoms with Gasteiger partial charge in [-0.1, -0.05) is 23.7 Å². The van der Waals surface area contributed by atoms with Crippen LogP contribution in [0.4, 0.5) is 5.69 Å². The molecule has 0 unspecified atom stereocenters. The summed E-state index contributed by atoms with van der Waals surface area (Å²) in [6, 6.07) is 12.7. The summed E-state index contributed by atoms with van der Waals surface area (Å²) < 4.78 is 0. The molecule has 0 aromatic heterocycles. The predicted molar refractivity (Wildman–Crippen MR) is 70.4 cm³/mol. The third-order valence-corrected chi connectivity index (χ3v) is 3.49. The molecule has 0 amide bonds. The number of nitrogens with zero attached hydrogens (tertiary/aromatic N) is 1. The molecule has 1 aliphatic rings. The van der Waals surface area contributed by atoms with Crippen molar-refractivity contribution in [2.45, 2.75) is 12.8 Å². The number of anilines is 1. The predicted octanol–water partition coefficient (Wildman–Crippen LogP) is 4.09. The number of halogens is 1. The second-order valence-electron chi connectivity index (χ2n) is 4.37. The summed E-state index contributed by atoms with van der Waals surface area (Å²) in [5.74, 6) is 0. The van der Waals surface area contributed by atoms with E-state index in [-0.39, 0.29) is 0 Å².